The Bertz CT molecular complexity index is 7230. The maximum atomic E-state index is 12.8. The molecule has 36 heteroatoms. The van der Waals surface area contributed by atoms with Gasteiger partial charge in [-0.1, -0.05) is 164 Å². The summed E-state index contributed by atoms with van der Waals surface area (Å²) >= 11 is 1.35. The Hall–Kier alpha value is -17.5. The second-order valence-electron chi connectivity index (χ2n) is 29.7. The second-order valence-corrected chi connectivity index (χ2v) is 30.6. The number of piperidine rings is 1. The Kier molecular flexibility index (Phi) is 25.1. The molecule has 0 bridgehead atoms. The van der Waals surface area contributed by atoms with Gasteiger partial charge >= 0.3 is 5.69 Å². The molecule has 19 aromatic rings. The lowest BCUT2D eigenvalue weighted by atomic mass is 9.96. The SMILES string of the molecule is CN1CCC(C(=O)Nc2nc(Nc3ncnc4ccccc34)n(-c3ccccc3)n2)CC1.O=C(Nc1nc(Nc2nc(=O)[nH]c3ccccc23)n(-c2ccccc2)n1)c1ccccc1.O=C(Nc1nc(Nc2nc(N3CCCC3)c3ccccc3n2)n(-c2ccccc2)n1)c1ccccc1.O=C(Nc1nc(Nc2ncnc3ccccc23)n(-c2ccccc2)n1)c1cccs1. The van der Waals surface area contributed by atoms with Crippen molar-refractivity contribution in [1.82, 2.24) is 104 Å². The number of likely N-dealkylation sites (tertiary alicyclic amines) is 1. The fourth-order valence-electron chi connectivity index (χ4n) is 14.5. The van der Waals surface area contributed by atoms with Gasteiger partial charge in [0.15, 0.2) is 0 Å². The van der Waals surface area contributed by atoms with Crippen LogP contribution in [0.5, 0.6) is 0 Å². The minimum atomic E-state index is -0.491. The summed E-state index contributed by atoms with van der Waals surface area (Å²) in [5, 5.41) is 47.3. The first-order valence-corrected chi connectivity index (χ1v) is 42.4. The first-order valence-electron chi connectivity index (χ1n) is 41.5. The first kappa shape index (κ1) is 83.4. The summed E-state index contributed by atoms with van der Waals surface area (Å²) in [7, 11) is 2.08. The number of nitrogens with one attached hydrogen (secondary N) is 9. The summed E-state index contributed by atoms with van der Waals surface area (Å²) in [5.41, 5.74) is 6.76. The highest BCUT2D eigenvalue weighted by molar-refractivity contribution is 7.12. The van der Waals surface area contributed by atoms with Gasteiger partial charge in [0.05, 0.1) is 49.7 Å². The Labute approximate surface area is 745 Å². The number of carbonyl (C=O) groups is 4. The average Bonchev–Trinajstić information content (AvgIpc) is 1.36. The van der Waals surface area contributed by atoms with E-state index in [0.29, 0.717) is 74.1 Å². The van der Waals surface area contributed by atoms with Crippen LogP contribution in [-0.4, -0.2) is 161 Å². The second kappa shape index (κ2) is 39.1. The van der Waals surface area contributed by atoms with E-state index in [9.17, 15) is 24.0 Å². The third-order valence-corrected chi connectivity index (χ3v) is 21.7. The monoisotopic (exact) mass is 1740 g/mol. The van der Waals surface area contributed by atoms with Gasteiger partial charge in [-0.2, -0.15) is 48.6 Å². The van der Waals surface area contributed by atoms with Crippen molar-refractivity contribution in [1.29, 1.82) is 0 Å². The molecule has 0 atom stereocenters. The van der Waals surface area contributed by atoms with Gasteiger partial charge in [-0.3, -0.25) is 45.8 Å². The minimum Gasteiger partial charge on any atom is -0.356 e. The number of rotatable bonds is 21. The van der Waals surface area contributed by atoms with Crippen LogP contribution in [0.4, 0.5) is 76.8 Å². The normalized spacial score (nSPS) is 12.5. The number of H-pyrrole nitrogens is 1. The molecule has 2 aliphatic rings. The van der Waals surface area contributed by atoms with Crippen LogP contribution >= 0.6 is 11.3 Å². The minimum absolute atomic E-state index is 0.0305. The molecule has 4 amide bonds. The van der Waals surface area contributed by atoms with E-state index >= 15 is 0 Å². The van der Waals surface area contributed by atoms with Crippen LogP contribution in [0.2, 0.25) is 0 Å². The molecule has 9 aromatic heterocycles. The molecule has 0 saturated carbocycles. The molecular formula is C94H80N30O5S. The number of hydrogen-bond donors (Lipinski definition) is 9. The van der Waals surface area contributed by atoms with E-state index in [1.165, 1.54) is 28.7 Å². The Morgan fingerprint density at radius 2 is 0.746 bits per heavy atom. The van der Waals surface area contributed by atoms with Gasteiger partial charge in [0, 0.05) is 51.7 Å². The Morgan fingerprint density at radius 1 is 0.354 bits per heavy atom. The first-order chi connectivity index (χ1) is 63.9. The van der Waals surface area contributed by atoms with Gasteiger partial charge in [0.25, 0.3) is 41.5 Å². The number of nitrogens with zero attached hydrogens (tertiary/aromatic N) is 21. The summed E-state index contributed by atoms with van der Waals surface area (Å²) in [4.78, 5) is 119. The Balaban J connectivity index is 0.000000117. The van der Waals surface area contributed by atoms with Crippen LogP contribution in [0, 0.1) is 5.92 Å². The van der Waals surface area contributed by atoms with Crippen LogP contribution in [0.25, 0.3) is 66.4 Å². The van der Waals surface area contributed by atoms with Gasteiger partial charge in [-0.05, 0) is 179 Å². The Morgan fingerprint density at radius 3 is 1.21 bits per heavy atom. The standard InChI is InChI=1S/C27H24N8O.C23H24N8O.C23H17N7O2.C21H15N7OS/c36-24(19-11-3-1-4-12-19)30-26-32-27(35(33-26)20-13-5-2-6-14-20)31-25-28-22-16-8-7-15-21(22)23(29-25)34-17-9-10-18-34;1-30-13-11-16(12-14-30)21(32)27-22-28-23(31(29-22)17-7-3-2-4-8-17)26-20-18-9-5-6-10-19(18)24-15-25-20;31-20(15-9-3-1-4-10-15)27-21-28-22(30(29-21)16-11-5-2-6-12-16)25-19-17-13-7-8-14-18(17)24-23(32)26-19;29-19(17-11-6-12-30-17)25-20-26-21(28(27-20)14-7-2-1-3-8-14)24-18-15-9-4-5-10-16(15)22-13-23-18/h1-8,11-16H,9-10,17-18H2,(H2,28,29,30,31,32,33,36);2-10,15-16H,11-14H2,1H3,(H2,24,25,26,27,28,29,32);1-14H,(H3,24,25,26,27,28,29,31,32);1-13H,(H2,22,23,24,25,26,27,29). The van der Waals surface area contributed by atoms with Crippen LogP contribution in [-0.2, 0) is 4.79 Å². The summed E-state index contributed by atoms with van der Waals surface area (Å²) in [6, 6.07) is 90.2. The zero-order valence-electron chi connectivity index (χ0n) is 69.5. The molecule has 2 saturated heterocycles. The molecule has 2 fully saturated rings. The molecule has 11 heterocycles. The predicted molar refractivity (Wildman–Crippen MR) is 501 cm³/mol. The molecule has 2 aliphatic heterocycles. The molecule has 21 rings (SSSR count). The largest absolute Gasteiger partial charge is 0.356 e. The number of benzene rings is 10. The molecule has 130 heavy (non-hydrogen) atoms. The van der Waals surface area contributed by atoms with Gasteiger partial charge < -0.3 is 30.7 Å². The molecule has 0 spiro atoms. The van der Waals surface area contributed by atoms with Crippen molar-refractivity contribution in [2.24, 2.45) is 5.92 Å². The van der Waals surface area contributed by atoms with E-state index in [0.717, 1.165) is 113 Å². The fourth-order valence-corrected chi connectivity index (χ4v) is 15.1. The van der Waals surface area contributed by atoms with Gasteiger partial charge in [-0.15, -0.1) is 31.7 Å². The molecular weight excluding hydrogens is 1660 g/mol. The van der Waals surface area contributed by atoms with E-state index < -0.39 is 5.69 Å². The number of anilines is 13. The van der Waals surface area contributed by atoms with Gasteiger partial charge in [0.2, 0.25) is 35.6 Å². The highest BCUT2D eigenvalue weighted by Crippen LogP contribution is 2.33. The number of amides is 4. The molecule has 9 N–H and O–H groups in total. The molecule has 642 valence electrons. The van der Waals surface area contributed by atoms with Crippen LogP contribution < -0.4 is 53.1 Å². The number of thiophene rings is 1. The predicted octanol–water partition coefficient (Wildman–Crippen LogP) is 15.8. The quantitative estimate of drug-likeness (QED) is 0.0323. The third-order valence-electron chi connectivity index (χ3n) is 20.9. The lowest BCUT2D eigenvalue weighted by Crippen LogP contribution is -2.36. The fraction of sp³-hybridized carbons (Fsp3) is 0.106. The van der Waals surface area contributed by atoms with E-state index in [1.807, 2.05) is 242 Å². The zero-order chi connectivity index (χ0) is 88.5. The number of fused-ring (bicyclic) bond motifs is 4. The highest BCUT2D eigenvalue weighted by atomic mass is 32.1. The topological polar surface area (TPSA) is 417 Å². The summed E-state index contributed by atoms with van der Waals surface area (Å²) < 4.78 is 6.47. The smallest absolute Gasteiger partial charge is 0.347 e. The number of hydrogen-bond acceptors (Lipinski definition) is 27. The van der Waals surface area contributed by atoms with Crippen LogP contribution in [0.15, 0.2) is 314 Å². The number of aromatic nitrogens is 20. The van der Waals surface area contributed by atoms with Gasteiger partial charge in [-0.25, -0.2) is 29.7 Å². The number of para-hydroxylation sites is 8. The van der Waals surface area contributed by atoms with Crippen LogP contribution in [0.1, 0.15) is 56.1 Å². The van der Waals surface area contributed by atoms with Gasteiger partial charge in [0.1, 0.15) is 35.9 Å². The van der Waals surface area contributed by atoms with Crippen molar-refractivity contribution >= 4 is 155 Å². The molecule has 35 nitrogen and oxygen atoms in total. The van der Waals surface area contributed by atoms with Crippen molar-refractivity contribution in [2.45, 2.75) is 25.7 Å². The highest BCUT2D eigenvalue weighted by Gasteiger charge is 2.28. The van der Waals surface area contributed by atoms with E-state index in [2.05, 4.69) is 136 Å². The lowest BCUT2D eigenvalue weighted by Gasteiger charge is -2.27. The van der Waals surface area contributed by atoms with Crippen molar-refractivity contribution in [3.63, 3.8) is 0 Å². The maximum Gasteiger partial charge on any atom is 0.347 e. The van der Waals surface area contributed by atoms with Crippen LogP contribution in [0.3, 0.4) is 0 Å². The van der Waals surface area contributed by atoms with Crippen molar-refractivity contribution in [3.8, 4) is 22.7 Å². The van der Waals surface area contributed by atoms with Crippen molar-refractivity contribution in [3.05, 3.63) is 336 Å². The van der Waals surface area contributed by atoms with E-state index in [1.54, 1.807) is 62.6 Å². The molecule has 0 radical (unpaired) electrons. The van der Waals surface area contributed by atoms with Crippen molar-refractivity contribution < 1.29 is 19.2 Å². The number of carbonyl (C=O) groups excluding carboxylic acids is 4. The lowest BCUT2D eigenvalue weighted by molar-refractivity contribution is -0.121. The summed E-state index contributed by atoms with van der Waals surface area (Å²) in [5.74, 6) is 4.24. The van der Waals surface area contributed by atoms with E-state index in [4.69, 9.17) is 9.97 Å². The van der Waals surface area contributed by atoms with E-state index in [-0.39, 0.29) is 53.3 Å². The summed E-state index contributed by atoms with van der Waals surface area (Å²) in [6.07, 6.45) is 6.96. The molecule has 10 aromatic carbocycles. The average molecular weight is 1740 g/mol. The number of aromatic amines is 1. The molecule has 0 aliphatic carbocycles. The maximum absolute atomic E-state index is 12.8. The molecule has 0 unspecified atom stereocenters. The zero-order valence-corrected chi connectivity index (χ0v) is 70.3. The third kappa shape index (κ3) is 19.8. The summed E-state index contributed by atoms with van der Waals surface area (Å²) in [6.45, 7) is 3.77. The van der Waals surface area contributed by atoms with Crippen molar-refractivity contribution in [2.75, 3.05) is 80.7 Å².